The van der Waals surface area contributed by atoms with Crippen molar-refractivity contribution in [2.45, 2.75) is 55.6 Å². The molecule has 1 aromatic carbocycles. The molecule has 0 spiro atoms. The van der Waals surface area contributed by atoms with E-state index in [-0.39, 0.29) is 29.2 Å². The van der Waals surface area contributed by atoms with Gasteiger partial charge < -0.3 is 10.2 Å². The largest absolute Gasteiger partial charge is 0.481 e. The van der Waals surface area contributed by atoms with Gasteiger partial charge in [0, 0.05) is 18.4 Å². The minimum Gasteiger partial charge on any atom is -0.481 e. The van der Waals surface area contributed by atoms with Gasteiger partial charge in [0.15, 0.2) is 0 Å². The first-order valence-corrected chi connectivity index (χ1v) is 11.0. The topological polar surface area (TPSA) is 104 Å². The van der Waals surface area contributed by atoms with Gasteiger partial charge in [-0.3, -0.25) is 4.79 Å². The fraction of sp³-hybridized carbons (Fsp3) is 0.550. The number of aliphatic hydroxyl groups is 1. The second-order valence-electron chi connectivity index (χ2n) is 7.58. The molecule has 0 heterocycles. The quantitative estimate of drug-likeness (QED) is 0.442. The fourth-order valence-electron chi connectivity index (χ4n) is 4.54. The molecule has 2 bridgehead atoms. The lowest BCUT2D eigenvalue weighted by Gasteiger charge is -2.33. The van der Waals surface area contributed by atoms with E-state index < -0.39 is 22.1 Å². The van der Waals surface area contributed by atoms with Gasteiger partial charge in [-0.05, 0) is 56.1 Å². The number of nitrogens with one attached hydrogen (secondary N) is 1. The number of carboxylic acids is 1. The van der Waals surface area contributed by atoms with E-state index in [0.717, 1.165) is 19.3 Å². The van der Waals surface area contributed by atoms with Crippen molar-refractivity contribution >= 4 is 16.0 Å². The highest BCUT2D eigenvalue weighted by molar-refractivity contribution is 7.89. The van der Waals surface area contributed by atoms with Gasteiger partial charge in [0.25, 0.3) is 0 Å². The smallest absolute Gasteiger partial charge is 0.303 e. The fourth-order valence-corrected chi connectivity index (χ4v) is 5.90. The summed E-state index contributed by atoms with van der Waals surface area (Å²) in [5, 5.41) is 18.9. The van der Waals surface area contributed by atoms with Crippen molar-refractivity contribution in [2.24, 2.45) is 17.8 Å². The third-order valence-electron chi connectivity index (χ3n) is 5.82. The molecule has 2 aliphatic carbocycles. The number of aliphatic carboxylic acids is 1. The number of hydrogen-bond acceptors (Lipinski definition) is 4. The number of fused-ring (bicyclic) bond motifs is 2. The Kier molecular flexibility index (Phi) is 6.34. The minimum atomic E-state index is -3.62. The van der Waals surface area contributed by atoms with E-state index in [4.69, 9.17) is 5.11 Å². The molecule has 0 unspecified atom stereocenters. The maximum Gasteiger partial charge on any atom is 0.303 e. The Labute approximate surface area is 160 Å². The van der Waals surface area contributed by atoms with Crippen molar-refractivity contribution in [3.05, 3.63) is 42.5 Å². The van der Waals surface area contributed by atoms with Crippen LogP contribution in [0.5, 0.6) is 0 Å². The van der Waals surface area contributed by atoms with Crippen LogP contribution in [0, 0.1) is 17.8 Å². The number of sulfonamides is 1. The molecule has 1 aromatic rings. The first-order chi connectivity index (χ1) is 12.9. The van der Waals surface area contributed by atoms with E-state index in [2.05, 4.69) is 4.72 Å². The third-order valence-corrected chi connectivity index (χ3v) is 7.30. The molecule has 3 N–H and O–H groups in total. The zero-order valence-electron chi connectivity index (χ0n) is 15.2. The molecule has 0 saturated heterocycles. The highest BCUT2D eigenvalue weighted by Crippen LogP contribution is 2.50. The van der Waals surface area contributed by atoms with Gasteiger partial charge in [0.2, 0.25) is 10.0 Å². The van der Waals surface area contributed by atoms with Crippen molar-refractivity contribution in [1.82, 2.24) is 4.72 Å². The summed E-state index contributed by atoms with van der Waals surface area (Å²) in [5.74, 6) is -0.357. The van der Waals surface area contributed by atoms with Crippen LogP contribution in [0.3, 0.4) is 0 Å². The summed E-state index contributed by atoms with van der Waals surface area (Å²) in [5.41, 5.74) is 0. The molecule has 3 rings (SSSR count). The highest BCUT2D eigenvalue weighted by atomic mass is 32.2. The predicted octanol–water partition coefficient (Wildman–Crippen LogP) is 2.55. The number of benzene rings is 1. The Bertz CT molecular complexity index is 777. The molecular weight excluding hydrogens is 366 g/mol. The number of carboxylic acid groups (broad SMARTS) is 1. The van der Waals surface area contributed by atoms with E-state index in [1.165, 1.54) is 0 Å². The Morgan fingerprint density at radius 1 is 1.19 bits per heavy atom. The molecule has 6 nitrogen and oxygen atoms in total. The van der Waals surface area contributed by atoms with Gasteiger partial charge in [-0.25, -0.2) is 13.1 Å². The van der Waals surface area contributed by atoms with Gasteiger partial charge in [-0.1, -0.05) is 30.4 Å². The van der Waals surface area contributed by atoms with Crippen LogP contribution in [0.15, 0.2) is 47.4 Å². The molecular formula is C20H27NO5S. The number of carbonyl (C=O) groups is 1. The normalized spacial score (nSPS) is 30.2. The first-order valence-electron chi connectivity index (χ1n) is 9.50. The SMILES string of the molecule is O=C(O)CCC/C=C\C[C@H]1[C@H]2C[C@@H]([C@@H]1NS(=O)(=O)c1ccccc1)[C@H](O)C2. The number of unbranched alkanes of at least 4 members (excludes halogenated alkanes) is 1. The summed E-state index contributed by atoms with van der Waals surface area (Å²) in [6, 6.07) is 8.04. The number of aliphatic hydroxyl groups excluding tert-OH is 1. The second kappa shape index (κ2) is 8.54. The molecule has 148 valence electrons. The summed E-state index contributed by atoms with van der Waals surface area (Å²) in [6.45, 7) is 0. The Morgan fingerprint density at radius 2 is 1.93 bits per heavy atom. The van der Waals surface area contributed by atoms with Crippen LogP contribution >= 0.6 is 0 Å². The van der Waals surface area contributed by atoms with Gasteiger partial charge >= 0.3 is 5.97 Å². The Morgan fingerprint density at radius 3 is 2.63 bits per heavy atom. The van der Waals surface area contributed by atoms with Crippen molar-refractivity contribution in [3.8, 4) is 0 Å². The molecule has 0 amide bonds. The molecule has 0 aliphatic heterocycles. The number of allylic oxidation sites excluding steroid dienone is 2. The van der Waals surface area contributed by atoms with Crippen molar-refractivity contribution in [1.29, 1.82) is 0 Å². The summed E-state index contributed by atoms with van der Waals surface area (Å²) >= 11 is 0. The summed E-state index contributed by atoms with van der Waals surface area (Å²) in [6.07, 6.45) is 7.34. The molecule has 2 saturated carbocycles. The summed E-state index contributed by atoms with van der Waals surface area (Å²) in [4.78, 5) is 10.8. The molecule has 5 atom stereocenters. The zero-order chi connectivity index (χ0) is 19.4. The average molecular weight is 394 g/mol. The van der Waals surface area contributed by atoms with E-state index in [1.807, 2.05) is 12.2 Å². The van der Waals surface area contributed by atoms with E-state index in [0.29, 0.717) is 18.8 Å². The minimum absolute atomic E-state index is 0.0427. The molecule has 27 heavy (non-hydrogen) atoms. The zero-order valence-corrected chi connectivity index (χ0v) is 16.0. The van der Waals surface area contributed by atoms with Crippen molar-refractivity contribution < 1.29 is 23.4 Å². The van der Waals surface area contributed by atoms with Crippen LogP contribution in [0.1, 0.15) is 38.5 Å². The Hall–Kier alpha value is -1.70. The van der Waals surface area contributed by atoms with Crippen molar-refractivity contribution in [3.63, 3.8) is 0 Å². The van der Waals surface area contributed by atoms with Gasteiger partial charge in [-0.2, -0.15) is 0 Å². The molecule has 0 aromatic heterocycles. The van der Waals surface area contributed by atoms with Crippen LogP contribution in [0.2, 0.25) is 0 Å². The van der Waals surface area contributed by atoms with Crippen LogP contribution < -0.4 is 4.72 Å². The number of hydrogen-bond donors (Lipinski definition) is 3. The lowest BCUT2D eigenvalue weighted by Crippen LogP contribution is -2.47. The third kappa shape index (κ3) is 4.78. The van der Waals surface area contributed by atoms with Gasteiger partial charge in [0.1, 0.15) is 0 Å². The standard InChI is InChI=1S/C20H27NO5S/c22-18-13-14-12-17(18)20(16(14)10-6-1-2-7-11-19(23)24)21-27(25,26)15-8-4-3-5-9-15/h1,3-6,8-9,14,16-18,20-22H,2,7,10-13H2,(H,23,24)/b6-1-/t14-,16-,17+,18+,20+/m0/s1. The molecule has 0 radical (unpaired) electrons. The highest BCUT2D eigenvalue weighted by Gasteiger charge is 2.52. The van der Waals surface area contributed by atoms with E-state index >= 15 is 0 Å². The van der Waals surface area contributed by atoms with Crippen LogP contribution in [-0.2, 0) is 14.8 Å². The maximum atomic E-state index is 12.7. The van der Waals surface area contributed by atoms with E-state index in [9.17, 15) is 18.3 Å². The van der Waals surface area contributed by atoms with Gasteiger partial charge in [-0.15, -0.1) is 0 Å². The van der Waals surface area contributed by atoms with Gasteiger partial charge in [0.05, 0.1) is 11.0 Å². The Balaban J connectivity index is 1.64. The monoisotopic (exact) mass is 393 g/mol. The summed E-state index contributed by atoms with van der Waals surface area (Å²) < 4.78 is 28.3. The molecule has 2 fully saturated rings. The lowest BCUT2D eigenvalue weighted by molar-refractivity contribution is -0.137. The van der Waals surface area contributed by atoms with Crippen LogP contribution in [-0.4, -0.2) is 36.7 Å². The maximum absolute atomic E-state index is 12.7. The van der Waals surface area contributed by atoms with E-state index in [1.54, 1.807) is 30.3 Å². The van der Waals surface area contributed by atoms with Crippen LogP contribution in [0.25, 0.3) is 0 Å². The summed E-state index contributed by atoms with van der Waals surface area (Å²) in [7, 11) is -3.62. The molecule has 7 heteroatoms. The molecule has 2 aliphatic rings. The lowest BCUT2D eigenvalue weighted by atomic mass is 9.81. The number of rotatable bonds is 9. The van der Waals surface area contributed by atoms with Crippen molar-refractivity contribution in [2.75, 3.05) is 0 Å². The average Bonchev–Trinajstić information content (AvgIpc) is 3.15. The van der Waals surface area contributed by atoms with Crippen LogP contribution in [0.4, 0.5) is 0 Å². The second-order valence-corrected chi connectivity index (χ2v) is 9.29. The predicted molar refractivity (Wildman–Crippen MR) is 102 cm³/mol. The first kappa shape index (κ1) is 20.0.